The molecule has 3 N–H and O–H groups in total. The SMILES string of the molecule is CNc1nc2c(ncn2C(C)OCCOC(=O)[C@@H](N)C(C)(C)C(C)C)c(=O)n1C. The fraction of sp³-hybridized carbons (Fsp3) is 0.684. The molecule has 0 bridgehead atoms. The van der Waals surface area contributed by atoms with E-state index in [1.807, 2.05) is 27.7 Å². The summed E-state index contributed by atoms with van der Waals surface area (Å²) in [4.78, 5) is 33.2. The standard InChI is InChI=1S/C19H32N6O4/c1-11(2)19(4,5)14(20)17(27)29-9-8-28-12(3)25-10-22-13-15(25)23-18(21-6)24(7)16(13)26/h10-12,14H,8-9,20H2,1-7H3,(H,21,23)/t12?,14-/m1/s1. The van der Waals surface area contributed by atoms with Crippen LogP contribution in [0.25, 0.3) is 11.2 Å². The van der Waals surface area contributed by atoms with Crippen LogP contribution in [0.4, 0.5) is 5.95 Å². The predicted octanol–water partition coefficient (Wildman–Crippen LogP) is 1.26. The van der Waals surface area contributed by atoms with E-state index >= 15 is 0 Å². The zero-order valence-corrected chi connectivity index (χ0v) is 18.2. The first-order valence-electron chi connectivity index (χ1n) is 9.67. The molecule has 0 fully saturated rings. The van der Waals surface area contributed by atoms with Gasteiger partial charge in [-0.15, -0.1) is 0 Å². The molecule has 0 saturated heterocycles. The van der Waals surface area contributed by atoms with Crippen LogP contribution in [0.1, 0.15) is 40.8 Å². The van der Waals surface area contributed by atoms with Crippen LogP contribution < -0.4 is 16.6 Å². The zero-order chi connectivity index (χ0) is 21.9. The van der Waals surface area contributed by atoms with Crippen LogP contribution in [0.15, 0.2) is 11.1 Å². The second kappa shape index (κ2) is 8.91. The van der Waals surface area contributed by atoms with Gasteiger partial charge in [-0.2, -0.15) is 4.98 Å². The second-order valence-electron chi connectivity index (χ2n) is 7.96. The Morgan fingerprint density at radius 2 is 1.97 bits per heavy atom. The van der Waals surface area contributed by atoms with Crippen LogP contribution >= 0.6 is 0 Å². The molecule has 2 aromatic heterocycles. The first kappa shape index (κ1) is 22.8. The fourth-order valence-electron chi connectivity index (χ4n) is 2.73. The first-order chi connectivity index (χ1) is 13.5. The van der Waals surface area contributed by atoms with Gasteiger partial charge < -0.3 is 20.5 Å². The predicted molar refractivity (Wildman–Crippen MR) is 111 cm³/mol. The molecule has 0 amide bonds. The van der Waals surface area contributed by atoms with Crippen molar-refractivity contribution in [3.05, 3.63) is 16.7 Å². The molecule has 2 heterocycles. The molecule has 0 radical (unpaired) electrons. The lowest BCUT2D eigenvalue weighted by Gasteiger charge is -2.33. The lowest BCUT2D eigenvalue weighted by atomic mass is 9.75. The summed E-state index contributed by atoms with van der Waals surface area (Å²) in [7, 11) is 3.31. The molecule has 0 aromatic carbocycles. The molecule has 10 nitrogen and oxygen atoms in total. The molecule has 10 heteroatoms. The van der Waals surface area contributed by atoms with E-state index in [4.69, 9.17) is 15.2 Å². The molecular formula is C19H32N6O4. The van der Waals surface area contributed by atoms with Gasteiger partial charge in [-0.05, 0) is 18.3 Å². The maximum atomic E-state index is 12.4. The highest BCUT2D eigenvalue weighted by Crippen LogP contribution is 2.29. The molecule has 0 saturated carbocycles. The summed E-state index contributed by atoms with van der Waals surface area (Å²) in [6.45, 7) is 9.99. The van der Waals surface area contributed by atoms with E-state index in [-0.39, 0.29) is 35.6 Å². The minimum Gasteiger partial charge on any atom is -0.462 e. The highest BCUT2D eigenvalue weighted by atomic mass is 16.6. The van der Waals surface area contributed by atoms with Crippen LogP contribution in [0.2, 0.25) is 0 Å². The summed E-state index contributed by atoms with van der Waals surface area (Å²) < 4.78 is 14.1. The van der Waals surface area contributed by atoms with E-state index in [1.165, 1.54) is 10.9 Å². The van der Waals surface area contributed by atoms with Gasteiger partial charge in [-0.1, -0.05) is 27.7 Å². The molecule has 2 atom stereocenters. The second-order valence-corrected chi connectivity index (χ2v) is 7.96. The summed E-state index contributed by atoms with van der Waals surface area (Å²) >= 11 is 0. The van der Waals surface area contributed by atoms with Crippen molar-refractivity contribution in [1.82, 2.24) is 19.1 Å². The summed E-state index contributed by atoms with van der Waals surface area (Å²) in [5.74, 6) is 0.211. The smallest absolute Gasteiger partial charge is 0.323 e. The Balaban J connectivity index is 1.98. The van der Waals surface area contributed by atoms with Gasteiger partial charge in [0, 0.05) is 14.1 Å². The molecule has 2 rings (SSSR count). The van der Waals surface area contributed by atoms with Crippen LogP contribution in [0, 0.1) is 11.3 Å². The highest BCUT2D eigenvalue weighted by Gasteiger charge is 2.35. The first-order valence-corrected chi connectivity index (χ1v) is 9.67. The van der Waals surface area contributed by atoms with E-state index in [1.54, 1.807) is 25.6 Å². The van der Waals surface area contributed by atoms with Gasteiger partial charge in [-0.25, -0.2) is 4.98 Å². The average molecular weight is 409 g/mol. The Bertz CT molecular complexity index is 917. The van der Waals surface area contributed by atoms with Gasteiger partial charge in [0.2, 0.25) is 5.95 Å². The van der Waals surface area contributed by atoms with E-state index in [9.17, 15) is 9.59 Å². The van der Waals surface area contributed by atoms with Gasteiger partial charge in [0.05, 0.1) is 12.9 Å². The number of hydrogen-bond donors (Lipinski definition) is 2. The minimum atomic E-state index is -0.710. The number of imidazole rings is 1. The quantitative estimate of drug-likeness (QED) is 0.469. The Morgan fingerprint density at radius 1 is 1.31 bits per heavy atom. The van der Waals surface area contributed by atoms with Crippen molar-refractivity contribution in [2.45, 2.75) is 46.9 Å². The zero-order valence-electron chi connectivity index (χ0n) is 18.2. The van der Waals surface area contributed by atoms with E-state index in [0.29, 0.717) is 11.6 Å². The monoisotopic (exact) mass is 408 g/mol. The highest BCUT2D eigenvalue weighted by molar-refractivity contribution is 5.76. The van der Waals surface area contributed by atoms with Crippen LogP contribution in [0.5, 0.6) is 0 Å². The largest absolute Gasteiger partial charge is 0.462 e. The molecule has 0 spiro atoms. The number of rotatable bonds is 9. The number of carbonyl (C=O) groups is 1. The van der Waals surface area contributed by atoms with Crippen molar-refractivity contribution in [3.63, 3.8) is 0 Å². The Morgan fingerprint density at radius 3 is 2.55 bits per heavy atom. The molecule has 1 unspecified atom stereocenters. The van der Waals surface area contributed by atoms with Crippen molar-refractivity contribution in [2.24, 2.45) is 24.1 Å². The van der Waals surface area contributed by atoms with Crippen LogP contribution in [-0.2, 0) is 21.3 Å². The Hall–Kier alpha value is -2.46. The Labute approximate surface area is 170 Å². The lowest BCUT2D eigenvalue weighted by Crippen LogP contribution is -2.47. The normalized spacial score (nSPS) is 14.2. The average Bonchev–Trinajstić information content (AvgIpc) is 3.10. The summed E-state index contributed by atoms with van der Waals surface area (Å²) in [5.41, 5.74) is 6.12. The molecule has 162 valence electrons. The number of ether oxygens (including phenoxy) is 2. The maximum Gasteiger partial charge on any atom is 0.323 e. The summed E-state index contributed by atoms with van der Waals surface area (Å²) in [5, 5.41) is 2.88. The number of fused-ring (bicyclic) bond motifs is 1. The number of aromatic nitrogens is 4. The molecular weight excluding hydrogens is 376 g/mol. The van der Waals surface area contributed by atoms with Gasteiger partial charge in [-0.3, -0.25) is 18.7 Å². The van der Waals surface area contributed by atoms with Gasteiger partial charge in [0.15, 0.2) is 11.2 Å². The van der Waals surface area contributed by atoms with Crippen molar-refractivity contribution in [3.8, 4) is 0 Å². The van der Waals surface area contributed by atoms with Crippen molar-refractivity contribution in [2.75, 3.05) is 25.6 Å². The number of esters is 1. The number of anilines is 1. The van der Waals surface area contributed by atoms with Crippen molar-refractivity contribution in [1.29, 1.82) is 0 Å². The van der Waals surface area contributed by atoms with E-state index in [2.05, 4.69) is 15.3 Å². The topological polar surface area (TPSA) is 126 Å². The van der Waals surface area contributed by atoms with Crippen molar-refractivity contribution >= 4 is 23.1 Å². The molecule has 2 aromatic rings. The third kappa shape index (κ3) is 4.59. The number of carbonyl (C=O) groups excluding carboxylic acids is 1. The lowest BCUT2D eigenvalue weighted by molar-refractivity contribution is -0.151. The molecule has 0 aliphatic carbocycles. The summed E-state index contributed by atoms with van der Waals surface area (Å²) in [6, 6.07) is -0.710. The summed E-state index contributed by atoms with van der Waals surface area (Å²) in [6.07, 6.45) is 1.06. The van der Waals surface area contributed by atoms with Crippen LogP contribution in [-0.4, -0.2) is 51.4 Å². The van der Waals surface area contributed by atoms with Gasteiger partial charge in [0.25, 0.3) is 5.56 Å². The Kier molecular flexibility index (Phi) is 7.02. The van der Waals surface area contributed by atoms with Crippen LogP contribution in [0.3, 0.4) is 0 Å². The van der Waals surface area contributed by atoms with E-state index < -0.39 is 18.2 Å². The minimum absolute atomic E-state index is 0.0780. The molecule has 0 aliphatic heterocycles. The number of nitrogens with two attached hydrogens (primary N) is 1. The van der Waals surface area contributed by atoms with Gasteiger partial charge in [0.1, 0.15) is 18.9 Å². The molecule has 0 aliphatic rings. The van der Waals surface area contributed by atoms with Gasteiger partial charge >= 0.3 is 5.97 Å². The maximum absolute atomic E-state index is 12.4. The fourth-order valence-corrected chi connectivity index (χ4v) is 2.73. The number of nitrogens with zero attached hydrogens (tertiary/aromatic N) is 4. The third-order valence-electron chi connectivity index (χ3n) is 5.65. The third-order valence-corrected chi connectivity index (χ3v) is 5.65. The molecule has 29 heavy (non-hydrogen) atoms. The van der Waals surface area contributed by atoms with E-state index in [0.717, 1.165) is 0 Å². The number of nitrogens with one attached hydrogen (secondary N) is 1. The van der Waals surface area contributed by atoms with Crippen molar-refractivity contribution < 1.29 is 14.3 Å². The number of hydrogen-bond acceptors (Lipinski definition) is 8.